The Morgan fingerprint density at radius 2 is 2.00 bits per heavy atom. The van der Waals surface area contributed by atoms with Crippen LogP contribution in [-0.2, 0) is 4.79 Å². The van der Waals surface area contributed by atoms with Crippen molar-refractivity contribution >= 4 is 5.91 Å². The normalized spacial score (nSPS) is 22.8. The lowest BCUT2D eigenvalue weighted by Crippen LogP contribution is -2.72. The minimum absolute atomic E-state index is 0.0543. The molecule has 1 amide bonds. The summed E-state index contributed by atoms with van der Waals surface area (Å²) < 4.78 is 0. The maximum Gasteiger partial charge on any atom is 0.236 e. The Balaban J connectivity index is 0.00000106. The number of likely N-dealkylation sites (N-methyl/N-ethyl adjacent to an activating group) is 2. The van der Waals surface area contributed by atoms with Crippen LogP contribution in [0, 0.1) is 0 Å². The van der Waals surface area contributed by atoms with Gasteiger partial charge in [-0.3, -0.25) is 9.69 Å². The molecular weight excluding hydrogens is 202 g/mol. The fourth-order valence-electron chi connectivity index (χ4n) is 2.03. The van der Waals surface area contributed by atoms with Crippen molar-refractivity contribution in [2.24, 2.45) is 5.73 Å². The zero-order chi connectivity index (χ0) is 12.9. The van der Waals surface area contributed by atoms with Gasteiger partial charge < -0.3 is 10.6 Å². The average Bonchev–Trinajstić information content (AvgIpc) is 2.31. The molecule has 0 aromatic carbocycles. The van der Waals surface area contributed by atoms with Gasteiger partial charge in [0, 0.05) is 18.6 Å². The molecule has 1 aliphatic rings. The fraction of sp³-hybridized carbons (Fsp3) is 0.917. The molecule has 0 spiro atoms. The average molecular weight is 229 g/mol. The summed E-state index contributed by atoms with van der Waals surface area (Å²) in [6.45, 7) is 12.1. The minimum Gasteiger partial charge on any atom is -0.336 e. The topological polar surface area (TPSA) is 49.6 Å². The van der Waals surface area contributed by atoms with Gasteiger partial charge in [0.15, 0.2) is 0 Å². The number of likely N-dealkylation sites (tertiary alicyclic amines) is 1. The molecule has 0 radical (unpaired) electrons. The molecule has 0 unspecified atom stereocenters. The van der Waals surface area contributed by atoms with Gasteiger partial charge >= 0.3 is 0 Å². The van der Waals surface area contributed by atoms with E-state index in [0.29, 0.717) is 6.04 Å². The summed E-state index contributed by atoms with van der Waals surface area (Å²) in [5.41, 5.74) is 5.47. The first-order valence-electron chi connectivity index (χ1n) is 6.16. The summed E-state index contributed by atoms with van der Waals surface area (Å²) in [5, 5.41) is 0. The van der Waals surface area contributed by atoms with Gasteiger partial charge in [0.05, 0.1) is 12.6 Å². The van der Waals surface area contributed by atoms with Gasteiger partial charge in [-0.05, 0) is 27.8 Å². The van der Waals surface area contributed by atoms with E-state index in [1.165, 1.54) is 0 Å². The number of rotatable bonds is 3. The van der Waals surface area contributed by atoms with Gasteiger partial charge in [0.1, 0.15) is 0 Å². The number of hydrogen-bond donors (Lipinski definition) is 1. The Bertz CT molecular complexity index is 228. The largest absolute Gasteiger partial charge is 0.336 e. The number of nitrogens with zero attached hydrogens (tertiary/aromatic N) is 2. The highest BCUT2D eigenvalue weighted by Crippen LogP contribution is 2.32. The maximum absolute atomic E-state index is 11.6. The van der Waals surface area contributed by atoms with Crippen LogP contribution in [0.2, 0.25) is 0 Å². The third-order valence-corrected chi connectivity index (χ3v) is 3.46. The quantitative estimate of drug-likeness (QED) is 0.782. The highest BCUT2D eigenvalue weighted by Gasteiger charge is 2.47. The van der Waals surface area contributed by atoms with E-state index in [-0.39, 0.29) is 18.0 Å². The van der Waals surface area contributed by atoms with E-state index in [4.69, 9.17) is 5.73 Å². The minimum atomic E-state index is 0.0543. The van der Waals surface area contributed by atoms with E-state index in [9.17, 15) is 4.79 Å². The summed E-state index contributed by atoms with van der Waals surface area (Å²) >= 11 is 0. The summed E-state index contributed by atoms with van der Waals surface area (Å²) in [5.74, 6) is 0.0543. The van der Waals surface area contributed by atoms with E-state index >= 15 is 0 Å². The molecule has 2 N–H and O–H groups in total. The molecular formula is C12H27N3O. The van der Waals surface area contributed by atoms with Gasteiger partial charge in [0.25, 0.3) is 0 Å². The smallest absolute Gasteiger partial charge is 0.236 e. The van der Waals surface area contributed by atoms with Crippen LogP contribution >= 0.6 is 0 Å². The predicted octanol–water partition coefficient (Wildman–Crippen LogP) is 0.912. The summed E-state index contributed by atoms with van der Waals surface area (Å²) in [7, 11) is 2.08. The lowest BCUT2D eigenvalue weighted by molar-refractivity contribution is -0.144. The lowest BCUT2D eigenvalue weighted by Gasteiger charge is -2.57. The summed E-state index contributed by atoms with van der Waals surface area (Å²) in [6.07, 6.45) is 0. The molecule has 1 rings (SSSR count). The van der Waals surface area contributed by atoms with Crippen LogP contribution in [0.3, 0.4) is 0 Å². The Hall–Kier alpha value is -0.610. The number of amides is 1. The molecule has 16 heavy (non-hydrogen) atoms. The fourth-order valence-corrected chi connectivity index (χ4v) is 2.03. The second-order valence-electron chi connectivity index (χ2n) is 4.43. The van der Waals surface area contributed by atoms with E-state index in [1.807, 2.05) is 25.7 Å². The third-order valence-electron chi connectivity index (χ3n) is 3.46. The van der Waals surface area contributed by atoms with Gasteiger partial charge in [-0.1, -0.05) is 13.8 Å². The van der Waals surface area contributed by atoms with E-state index in [1.54, 1.807) is 0 Å². The van der Waals surface area contributed by atoms with Crippen LogP contribution < -0.4 is 5.73 Å². The monoisotopic (exact) mass is 229 g/mol. The first-order valence-corrected chi connectivity index (χ1v) is 6.16. The van der Waals surface area contributed by atoms with Crippen molar-refractivity contribution in [1.82, 2.24) is 9.80 Å². The standard InChI is InChI=1S/C10H21N3O.C2H6/c1-5-13(9(14)6-11)8-7-12(4)10(8,2)3;1-2/h8H,5-7,11H2,1-4H3;1-2H3/t8-;/m1./s1. The summed E-state index contributed by atoms with van der Waals surface area (Å²) in [4.78, 5) is 15.7. The molecule has 96 valence electrons. The molecule has 1 saturated heterocycles. The molecule has 4 heteroatoms. The Kier molecular flexibility index (Phi) is 5.97. The zero-order valence-electron chi connectivity index (χ0n) is 11.6. The predicted molar refractivity (Wildman–Crippen MR) is 68.3 cm³/mol. The van der Waals surface area contributed by atoms with Gasteiger partial charge in [-0.15, -0.1) is 0 Å². The molecule has 4 nitrogen and oxygen atoms in total. The van der Waals surface area contributed by atoms with Crippen molar-refractivity contribution in [2.75, 3.05) is 26.7 Å². The molecule has 1 fully saturated rings. The highest BCUT2D eigenvalue weighted by molar-refractivity contribution is 5.78. The second kappa shape index (κ2) is 6.21. The van der Waals surface area contributed by atoms with Gasteiger partial charge in [0.2, 0.25) is 5.91 Å². The second-order valence-corrected chi connectivity index (χ2v) is 4.43. The van der Waals surface area contributed by atoms with Crippen molar-refractivity contribution in [3.8, 4) is 0 Å². The van der Waals surface area contributed by atoms with Crippen LogP contribution in [0.1, 0.15) is 34.6 Å². The lowest BCUT2D eigenvalue weighted by atomic mass is 9.82. The number of carbonyl (C=O) groups is 1. The van der Waals surface area contributed by atoms with Crippen LogP contribution in [0.5, 0.6) is 0 Å². The molecule has 0 aromatic rings. The molecule has 0 aromatic heterocycles. The number of nitrogens with two attached hydrogens (primary N) is 1. The molecule has 0 saturated carbocycles. The molecule has 0 bridgehead atoms. The van der Waals surface area contributed by atoms with E-state index in [0.717, 1.165) is 13.1 Å². The Morgan fingerprint density at radius 3 is 2.25 bits per heavy atom. The van der Waals surface area contributed by atoms with Crippen molar-refractivity contribution in [2.45, 2.75) is 46.2 Å². The van der Waals surface area contributed by atoms with E-state index in [2.05, 4.69) is 25.8 Å². The van der Waals surface area contributed by atoms with Crippen LogP contribution in [-0.4, -0.2) is 54.0 Å². The first kappa shape index (κ1) is 15.4. The molecule has 1 heterocycles. The maximum atomic E-state index is 11.6. The van der Waals surface area contributed by atoms with Crippen LogP contribution in [0.15, 0.2) is 0 Å². The SMILES string of the molecule is CC.CCN(C(=O)CN)[C@@H]1CN(C)C1(C)C. The number of carbonyl (C=O) groups excluding carboxylic acids is 1. The highest BCUT2D eigenvalue weighted by atomic mass is 16.2. The molecule has 1 atom stereocenters. The van der Waals surface area contributed by atoms with Gasteiger partial charge in [-0.2, -0.15) is 0 Å². The number of hydrogen-bond acceptors (Lipinski definition) is 3. The van der Waals surface area contributed by atoms with Crippen molar-refractivity contribution in [3.05, 3.63) is 0 Å². The van der Waals surface area contributed by atoms with Crippen molar-refractivity contribution in [3.63, 3.8) is 0 Å². The Morgan fingerprint density at radius 1 is 1.50 bits per heavy atom. The van der Waals surface area contributed by atoms with Crippen LogP contribution in [0.25, 0.3) is 0 Å². The van der Waals surface area contributed by atoms with Crippen LogP contribution in [0.4, 0.5) is 0 Å². The van der Waals surface area contributed by atoms with Crippen molar-refractivity contribution < 1.29 is 4.79 Å². The Labute approximate surface area is 99.8 Å². The first-order chi connectivity index (χ1) is 7.45. The summed E-state index contributed by atoms with van der Waals surface area (Å²) in [6, 6.07) is 0.313. The molecule has 1 aliphatic heterocycles. The zero-order valence-corrected chi connectivity index (χ0v) is 11.6. The van der Waals surface area contributed by atoms with Crippen molar-refractivity contribution in [1.29, 1.82) is 0 Å². The van der Waals surface area contributed by atoms with E-state index < -0.39 is 0 Å². The third kappa shape index (κ3) is 2.74. The van der Waals surface area contributed by atoms with Gasteiger partial charge in [-0.25, -0.2) is 0 Å². The molecule has 0 aliphatic carbocycles.